The summed E-state index contributed by atoms with van der Waals surface area (Å²) in [6.45, 7) is -0.475. The van der Waals surface area contributed by atoms with Crippen molar-refractivity contribution in [2.45, 2.75) is 12.6 Å². The van der Waals surface area contributed by atoms with Crippen molar-refractivity contribution < 1.29 is 23.0 Å². The Labute approximate surface area is 81.5 Å². The highest BCUT2D eigenvalue weighted by molar-refractivity contribution is 4.62. The highest BCUT2D eigenvalue weighted by atomic mass is 19.4. The van der Waals surface area contributed by atoms with Gasteiger partial charge in [0, 0.05) is 26.8 Å². The standard InChI is InChI=1S/C8H16F3NO2/c1-14-6-2-3-12(4-5-13)7-8(9,10)11/h13H,2-7H2,1H3. The second kappa shape index (κ2) is 7.03. The molecule has 0 fully saturated rings. The Morgan fingerprint density at radius 2 is 1.93 bits per heavy atom. The molecule has 86 valence electrons. The molecule has 0 aromatic rings. The molecule has 0 saturated heterocycles. The molecule has 0 unspecified atom stereocenters. The smallest absolute Gasteiger partial charge is 0.395 e. The third-order valence-corrected chi connectivity index (χ3v) is 1.64. The summed E-state index contributed by atoms with van der Waals surface area (Å²) in [6, 6.07) is 0. The summed E-state index contributed by atoms with van der Waals surface area (Å²) in [5.74, 6) is 0. The van der Waals surface area contributed by atoms with Crippen LogP contribution < -0.4 is 0 Å². The van der Waals surface area contributed by atoms with E-state index < -0.39 is 12.7 Å². The lowest BCUT2D eigenvalue weighted by Crippen LogP contribution is -2.37. The van der Waals surface area contributed by atoms with Crippen LogP contribution in [-0.2, 0) is 4.74 Å². The maximum absolute atomic E-state index is 12.0. The predicted octanol–water partition coefficient (Wildman–Crippen LogP) is 0.880. The summed E-state index contributed by atoms with van der Waals surface area (Å²) in [6.07, 6.45) is -3.67. The molecular formula is C8H16F3NO2. The second-order valence-corrected chi connectivity index (χ2v) is 2.96. The van der Waals surface area contributed by atoms with E-state index in [0.717, 1.165) is 0 Å². The number of nitrogens with zero attached hydrogens (tertiary/aromatic N) is 1. The molecule has 0 heterocycles. The summed E-state index contributed by atoms with van der Waals surface area (Å²) in [5.41, 5.74) is 0. The minimum Gasteiger partial charge on any atom is -0.395 e. The van der Waals surface area contributed by atoms with Crippen molar-refractivity contribution in [2.24, 2.45) is 0 Å². The van der Waals surface area contributed by atoms with Crippen LogP contribution in [0.5, 0.6) is 0 Å². The second-order valence-electron chi connectivity index (χ2n) is 2.96. The molecule has 0 spiro atoms. The molecule has 0 rings (SSSR count). The van der Waals surface area contributed by atoms with Crippen LogP contribution in [0.4, 0.5) is 13.2 Å². The average Bonchev–Trinajstić information content (AvgIpc) is 2.02. The Bertz CT molecular complexity index is 141. The van der Waals surface area contributed by atoms with Crippen LogP contribution in [0, 0.1) is 0 Å². The highest BCUT2D eigenvalue weighted by Gasteiger charge is 2.30. The van der Waals surface area contributed by atoms with E-state index in [2.05, 4.69) is 0 Å². The minimum absolute atomic E-state index is 0.0449. The normalized spacial score (nSPS) is 12.4. The lowest BCUT2D eigenvalue weighted by atomic mass is 10.3. The molecule has 6 heteroatoms. The minimum atomic E-state index is -4.21. The third kappa shape index (κ3) is 8.28. The zero-order valence-corrected chi connectivity index (χ0v) is 8.18. The molecule has 0 aliphatic carbocycles. The number of halogens is 3. The monoisotopic (exact) mass is 215 g/mol. The molecule has 0 aliphatic heterocycles. The zero-order chi connectivity index (χ0) is 11.0. The molecular weight excluding hydrogens is 199 g/mol. The van der Waals surface area contributed by atoms with Crippen molar-refractivity contribution in [1.29, 1.82) is 0 Å². The van der Waals surface area contributed by atoms with Gasteiger partial charge in [-0.1, -0.05) is 0 Å². The topological polar surface area (TPSA) is 32.7 Å². The maximum Gasteiger partial charge on any atom is 0.401 e. The van der Waals surface area contributed by atoms with Gasteiger partial charge in [-0.2, -0.15) is 13.2 Å². The first-order valence-electron chi connectivity index (χ1n) is 4.38. The van der Waals surface area contributed by atoms with E-state index in [1.165, 1.54) is 12.0 Å². The molecule has 0 amide bonds. The first-order valence-corrected chi connectivity index (χ1v) is 4.38. The van der Waals surface area contributed by atoms with Gasteiger partial charge in [0.2, 0.25) is 0 Å². The number of aliphatic hydroxyl groups excluding tert-OH is 1. The Hall–Kier alpha value is -0.330. The molecule has 3 nitrogen and oxygen atoms in total. The molecule has 0 atom stereocenters. The van der Waals surface area contributed by atoms with Crippen molar-refractivity contribution in [1.82, 2.24) is 4.90 Å². The van der Waals surface area contributed by atoms with Crippen LogP contribution in [-0.4, -0.2) is 56.1 Å². The Morgan fingerprint density at radius 3 is 2.36 bits per heavy atom. The summed E-state index contributed by atoms with van der Waals surface area (Å²) >= 11 is 0. The number of hydrogen-bond donors (Lipinski definition) is 1. The van der Waals surface area contributed by atoms with Crippen LogP contribution >= 0.6 is 0 Å². The maximum atomic E-state index is 12.0. The zero-order valence-electron chi connectivity index (χ0n) is 8.18. The first-order chi connectivity index (χ1) is 6.49. The number of methoxy groups -OCH3 is 1. The van der Waals surface area contributed by atoms with Crippen LogP contribution in [0.15, 0.2) is 0 Å². The lowest BCUT2D eigenvalue weighted by Gasteiger charge is -2.22. The molecule has 0 aromatic heterocycles. The van der Waals surface area contributed by atoms with Crippen molar-refractivity contribution in [2.75, 3.05) is 40.0 Å². The quantitative estimate of drug-likeness (QED) is 0.640. The van der Waals surface area contributed by atoms with Crippen LogP contribution in [0.2, 0.25) is 0 Å². The van der Waals surface area contributed by atoms with Gasteiger partial charge in [-0.05, 0) is 6.42 Å². The summed E-state index contributed by atoms with van der Waals surface area (Å²) in [5, 5.41) is 8.55. The van der Waals surface area contributed by atoms with E-state index >= 15 is 0 Å². The number of aliphatic hydroxyl groups is 1. The van der Waals surface area contributed by atoms with Gasteiger partial charge in [-0.3, -0.25) is 4.90 Å². The van der Waals surface area contributed by atoms with Gasteiger partial charge in [-0.15, -0.1) is 0 Å². The van der Waals surface area contributed by atoms with Crippen molar-refractivity contribution in [3.63, 3.8) is 0 Å². The molecule has 14 heavy (non-hydrogen) atoms. The van der Waals surface area contributed by atoms with Gasteiger partial charge in [0.25, 0.3) is 0 Å². The third-order valence-electron chi connectivity index (χ3n) is 1.64. The highest BCUT2D eigenvalue weighted by Crippen LogP contribution is 2.16. The van der Waals surface area contributed by atoms with Gasteiger partial charge in [0.15, 0.2) is 0 Å². The first kappa shape index (κ1) is 13.7. The number of ether oxygens (including phenoxy) is 1. The van der Waals surface area contributed by atoms with E-state index in [9.17, 15) is 13.2 Å². The van der Waals surface area contributed by atoms with Crippen molar-refractivity contribution in [3.8, 4) is 0 Å². The van der Waals surface area contributed by atoms with E-state index in [0.29, 0.717) is 13.0 Å². The Morgan fingerprint density at radius 1 is 1.29 bits per heavy atom. The summed E-state index contributed by atoms with van der Waals surface area (Å²) in [7, 11) is 1.50. The molecule has 0 aliphatic rings. The van der Waals surface area contributed by atoms with E-state index in [-0.39, 0.29) is 19.7 Å². The van der Waals surface area contributed by atoms with E-state index in [1.54, 1.807) is 0 Å². The van der Waals surface area contributed by atoms with Gasteiger partial charge < -0.3 is 9.84 Å². The van der Waals surface area contributed by atoms with Crippen LogP contribution in [0.25, 0.3) is 0 Å². The lowest BCUT2D eigenvalue weighted by molar-refractivity contribution is -0.147. The number of alkyl halides is 3. The molecule has 0 saturated carbocycles. The SMILES string of the molecule is COCCCN(CCO)CC(F)(F)F. The van der Waals surface area contributed by atoms with Crippen LogP contribution in [0.1, 0.15) is 6.42 Å². The Kier molecular flexibility index (Phi) is 6.86. The number of rotatable bonds is 7. The predicted molar refractivity (Wildman–Crippen MR) is 46.1 cm³/mol. The van der Waals surface area contributed by atoms with Crippen molar-refractivity contribution in [3.05, 3.63) is 0 Å². The average molecular weight is 215 g/mol. The fraction of sp³-hybridized carbons (Fsp3) is 1.00. The molecule has 0 radical (unpaired) electrons. The molecule has 0 aromatic carbocycles. The fourth-order valence-electron chi connectivity index (χ4n) is 1.10. The van der Waals surface area contributed by atoms with Gasteiger partial charge in [-0.25, -0.2) is 0 Å². The molecule has 0 bridgehead atoms. The number of hydrogen-bond acceptors (Lipinski definition) is 3. The fourth-order valence-corrected chi connectivity index (χ4v) is 1.10. The van der Waals surface area contributed by atoms with Crippen LogP contribution in [0.3, 0.4) is 0 Å². The molecule has 1 N–H and O–H groups in total. The summed E-state index contributed by atoms with van der Waals surface area (Å²) < 4.78 is 40.7. The Balaban J connectivity index is 3.77. The van der Waals surface area contributed by atoms with Gasteiger partial charge >= 0.3 is 6.18 Å². The van der Waals surface area contributed by atoms with Gasteiger partial charge in [0.05, 0.1) is 13.2 Å². The van der Waals surface area contributed by atoms with E-state index in [1.807, 2.05) is 0 Å². The van der Waals surface area contributed by atoms with Crippen molar-refractivity contribution >= 4 is 0 Å². The van der Waals surface area contributed by atoms with Gasteiger partial charge in [0.1, 0.15) is 0 Å². The summed E-state index contributed by atoms with van der Waals surface area (Å²) in [4.78, 5) is 1.17. The van der Waals surface area contributed by atoms with E-state index in [4.69, 9.17) is 9.84 Å². The largest absolute Gasteiger partial charge is 0.401 e.